The first-order valence-corrected chi connectivity index (χ1v) is 13.3. The van der Waals surface area contributed by atoms with Crippen molar-refractivity contribution in [2.45, 2.75) is 76.7 Å². The van der Waals surface area contributed by atoms with Gasteiger partial charge in [-0.2, -0.15) is 0 Å². The molecular formula is C27H40N4O2. The monoisotopic (exact) mass is 452 g/mol. The number of hydrogen-bond acceptors (Lipinski definition) is 5. The van der Waals surface area contributed by atoms with Crippen LogP contribution in [0.25, 0.3) is 11.0 Å². The molecule has 2 saturated carbocycles. The number of hydrogen-bond donors (Lipinski definition) is 1. The standard InChI is InChI=1S/C27H40N4O2/c32-26(20-22-4-2-1-3-5-22)29-23-8-6-21(7-9-23)11-14-30-15-17-31(18-16-30)27-24-12-19-33-25(24)10-13-28-27/h10,12-13,19,21-23H,1-9,11,14-18,20H2,(H,29,32). The Morgan fingerprint density at radius 3 is 2.55 bits per heavy atom. The van der Waals surface area contributed by atoms with Gasteiger partial charge in [0.05, 0.1) is 11.6 Å². The van der Waals surface area contributed by atoms with Gasteiger partial charge in [-0.05, 0) is 75.5 Å². The average Bonchev–Trinajstić information content (AvgIpc) is 3.34. The topological polar surface area (TPSA) is 61.6 Å². The van der Waals surface area contributed by atoms with Crippen molar-refractivity contribution >= 4 is 22.7 Å². The summed E-state index contributed by atoms with van der Waals surface area (Å²) in [5, 5.41) is 4.47. The number of furan rings is 1. The Bertz CT molecular complexity index is 890. The van der Waals surface area contributed by atoms with E-state index in [0.717, 1.165) is 68.1 Å². The fourth-order valence-electron chi connectivity index (χ4n) is 6.22. The number of nitrogens with one attached hydrogen (secondary N) is 1. The van der Waals surface area contributed by atoms with Crippen molar-refractivity contribution in [1.82, 2.24) is 15.2 Å². The van der Waals surface area contributed by atoms with Gasteiger partial charge in [-0.25, -0.2) is 4.98 Å². The van der Waals surface area contributed by atoms with E-state index in [4.69, 9.17) is 4.42 Å². The van der Waals surface area contributed by atoms with Crippen molar-refractivity contribution in [3.8, 4) is 0 Å². The molecule has 1 aliphatic heterocycles. The van der Waals surface area contributed by atoms with Gasteiger partial charge in [0.1, 0.15) is 11.4 Å². The van der Waals surface area contributed by atoms with Crippen molar-refractivity contribution in [3.63, 3.8) is 0 Å². The van der Waals surface area contributed by atoms with Crippen LogP contribution >= 0.6 is 0 Å². The molecule has 0 unspecified atom stereocenters. The van der Waals surface area contributed by atoms with E-state index in [0.29, 0.717) is 17.9 Å². The third-order valence-corrected chi connectivity index (χ3v) is 8.29. The van der Waals surface area contributed by atoms with Gasteiger partial charge >= 0.3 is 0 Å². The number of carbonyl (C=O) groups is 1. The zero-order valence-electron chi connectivity index (χ0n) is 20.0. The van der Waals surface area contributed by atoms with Crippen LogP contribution in [0.5, 0.6) is 0 Å². The lowest BCUT2D eigenvalue weighted by atomic mass is 9.83. The largest absolute Gasteiger partial charge is 0.464 e. The Labute approximate surface area is 198 Å². The summed E-state index contributed by atoms with van der Waals surface area (Å²) in [4.78, 5) is 22.1. The van der Waals surface area contributed by atoms with Crippen LogP contribution in [0.3, 0.4) is 0 Å². The summed E-state index contributed by atoms with van der Waals surface area (Å²) >= 11 is 0. The van der Waals surface area contributed by atoms with Gasteiger partial charge in [-0.3, -0.25) is 9.69 Å². The first-order valence-electron chi connectivity index (χ1n) is 13.3. The van der Waals surface area contributed by atoms with Gasteiger partial charge in [0, 0.05) is 44.8 Å². The number of anilines is 1. The smallest absolute Gasteiger partial charge is 0.220 e. The molecule has 0 aromatic carbocycles. The van der Waals surface area contributed by atoms with E-state index in [9.17, 15) is 4.79 Å². The molecule has 3 aliphatic rings. The van der Waals surface area contributed by atoms with Gasteiger partial charge in [0.25, 0.3) is 0 Å². The van der Waals surface area contributed by atoms with Gasteiger partial charge in [0.2, 0.25) is 5.91 Å². The van der Waals surface area contributed by atoms with Gasteiger partial charge < -0.3 is 14.6 Å². The van der Waals surface area contributed by atoms with Crippen molar-refractivity contribution in [1.29, 1.82) is 0 Å². The molecule has 0 spiro atoms. The van der Waals surface area contributed by atoms with Crippen LogP contribution in [0.15, 0.2) is 29.0 Å². The second-order valence-electron chi connectivity index (χ2n) is 10.6. The zero-order valence-corrected chi connectivity index (χ0v) is 20.0. The maximum atomic E-state index is 12.4. The fourth-order valence-corrected chi connectivity index (χ4v) is 6.22. The van der Waals surface area contributed by atoms with E-state index in [1.807, 2.05) is 18.3 Å². The first kappa shape index (κ1) is 22.7. The van der Waals surface area contributed by atoms with Crippen molar-refractivity contribution < 1.29 is 9.21 Å². The van der Waals surface area contributed by atoms with Crippen molar-refractivity contribution in [2.75, 3.05) is 37.6 Å². The average molecular weight is 453 g/mol. The lowest BCUT2D eigenvalue weighted by Crippen LogP contribution is -2.47. The molecule has 3 heterocycles. The molecule has 180 valence electrons. The number of fused-ring (bicyclic) bond motifs is 1. The Morgan fingerprint density at radius 2 is 1.76 bits per heavy atom. The molecule has 2 aromatic rings. The number of nitrogens with zero attached hydrogens (tertiary/aromatic N) is 3. The molecule has 0 bridgehead atoms. The maximum Gasteiger partial charge on any atom is 0.220 e. The summed E-state index contributed by atoms with van der Waals surface area (Å²) in [6.45, 7) is 5.44. The Balaban J connectivity index is 0.989. The molecule has 0 radical (unpaired) electrons. The van der Waals surface area contributed by atoms with Gasteiger partial charge in [0.15, 0.2) is 0 Å². The molecular weight excluding hydrogens is 412 g/mol. The van der Waals surface area contributed by atoms with Crippen LogP contribution in [-0.4, -0.2) is 54.6 Å². The summed E-state index contributed by atoms with van der Waals surface area (Å²) in [5.41, 5.74) is 0.920. The van der Waals surface area contributed by atoms with Crippen molar-refractivity contribution in [3.05, 3.63) is 24.6 Å². The fraction of sp³-hybridized carbons (Fsp3) is 0.704. The SMILES string of the molecule is O=C(CC1CCCCC1)NC1CCC(CCN2CCN(c3nccc4occc34)CC2)CC1. The van der Waals surface area contributed by atoms with Crippen LogP contribution in [-0.2, 0) is 4.79 Å². The molecule has 6 heteroatoms. The Kier molecular flexibility index (Phi) is 7.50. The lowest BCUT2D eigenvalue weighted by Gasteiger charge is -2.37. The second kappa shape index (κ2) is 10.9. The minimum Gasteiger partial charge on any atom is -0.464 e. The lowest BCUT2D eigenvalue weighted by molar-refractivity contribution is -0.123. The number of rotatable bonds is 7. The Morgan fingerprint density at radius 1 is 0.970 bits per heavy atom. The Hall–Kier alpha value is -2.08. The third-order valence-electron chi connectivity index (χ3n) is 8.29. The highest BCUT2D eigenvalue weighted by Gasteiger charge is 2.25. The maximum absolute atomic E-state index is 12.4. The number of pyridine rings is 1. The number of carbonyl (C=O) groups excluding carboxylic acids is 1. The number of piperazine rings is 1. The first-order chi connectivity index (χ1) is 16.2. The highest BCUT2D eigenvalue weighted by Crippen LogP contribution is 2.30. The zero-order chi connectivity index (χ0) is 22.5. The molecule has 1 saturated heterocycles. The molecule has 0 atom stereocenters. The van der Waals surface area contributed by atoms with Crippen LogP contribution in [0.4, 0.5) is 5.82 Å². The second-order valence-corrected chi connectivity index (χ2v) is 10.6. The third kappa shape index (κ3) is 5.89. The summed E-state index contributed by atoms with van der Waals surface area (Å²) in [5.74, 6) is 2.82. The molecule has 5 rings (SSSR count). The van der Waals surface area contributed by atoms with E-state index in [-0.39, 0.29) is 0 Å². The van der Waals surface area contributed by atoms with E-state index >= 15 is 0 Å². The molecule has 2 aromatic heterocycles. The normalized spacial score (nSPS) is 25.4. The van der Waals surface area contributed by atoms with Gasteiger partial charge in [-0.1, -0.05) is 19.3 Å². The highest BCUT2D eigenvalue weighted by molar-refractivity contribution is 5.88. The van der Waals surface area contributed by atoms with Crippen LogP contribution in [0, 0.1) is 11.8 Å². The minimum absolute atomic E-state index is 0.309. The summed E-state index contributed by atoms with van der Waals surface area (Å²) in [7, 11) is 0. The summed E-state index contributed by atoms with van der Waals surface area (Å²) in [6.07, 6.45) is 17.0. The van der Waals surface area contributed by atoms with Crippen LogP contribution in [0.1, 0.15) is 70.6 Å². The molecule has 33 heavy (non-hydrogen) atoms. The van der Waals surface area contributed by atoms with E-state index in [1.54, 1.807) is 6.26 Å². The molecule has 6 nitrogen and oxygen atoms in total. The predicted octanol–water partition coefficient (Wildman–Crippen LogP) is 4.99. The molecule has 2 aliphatic carbocycles. The quantitative estimate of drug-likeness (QED) is 0.642. The van der Waals surface area contributed by atoms with Crippen LogP contribution in [0.2, 0.25) is 0 Å². The molecule has 3 fully saturated rings. The number of amides is 1. The van der Waals surface area contributed by atoms with Crippen molar-refractivity contribution in [2.24, 2.45) is 11.8 Å². The van der Waals surface area contributed by atoms with E-state index in [1.165, 1.54) is 57.9 Å². The molecule has 1 amide bonds. The minimum atomic E-state index is 0.309. The van der Waals surface area contributed by atoms with E-state index in [2.05, 4.69) is 20.1 Å². The van der Waals surface area contributed by atoms with Crippen LogP contribution < -0.4 is 10.2 Å². The number of aromatic nitrogens is 1. The summed E-state index contributed by atoms with van der Waals surface area (Å²) in [6, 6.07) is 4.38. The van der Waals surface area contributed by atoms with Gasteiger partial charge in [-0.15, -0.1) is 0 Å². The molecule has 1 N–H and O–H groups in total. The van der Waals surface area contributed by atoms with E-state index < -0.39 is 0 Å². The predicted molar refractivity (Wildman–Crippen MR) is 132 cm³/mol. The highest BCUT2D eigenvalue weighted by atomic mass is 16.3. The summed E-state index contributed by atoms with van der Waals surface area (Å²) < 4.78 is 5.54.